The predicted octanol–water partition coefficient (Wildman–Crippen LogP) is 3.04. The van der Waals surface area contributed by atoms with E-state index in [0.717, 1.165) is 44.1 Å². The second-order valence-corrected chi connectivity index (χ2v) is 4.71. The lowest BCUT2D eigenvalue weighted by molar-refractivity contribution is -0.119. The summed E-state index contributed by atoms with van der Waals surface area (Å²) in [6.45, 7) is 0. The van der Waals surface area contributed by atoms with Gasteiger partial charge in [-0.05, 0) is 44.1 Å². The lowest BCUT2D eigenvalue weighted by atomic mass is 9.83. The SMILES string of the molecule is COC1CC=C(C(=O)C2CC=CCC2)CC1. The van der Waals surface area contributed by atoms with Gasteiger partial charge in [-0.2, -0.15) is 0 Å². The van der Waals surface area contributed by atoms with Gasteiger partial charge >= 0.3 is 0 Å². The first-order valence-corrected chi connectivity index (χ1v) is 6.22. The topological polar surface area (TPSA) is 26.3 Å². The fourth-order valence-corrected chi connectivity index (χ4v) is 2.54. The first-order chi connectivity index (χ1) is 7.81. The van der Waals surface area contributed by atoms with Crippen LogP contribution in [0.3, 0.4) is 0 Å². The number of ketones is 1. The molecule has 16 heavy (non-hydrogen) atoms. The summed E-state index contributed by atoms with van der Waals surface area (Å²) in [5.41, 5.74) is 1.05. The summed E-state index contributed by atoms with van der Waals surface area (Å²) in [5.74, 6) is 0.634. The van der Waals surface area contributed by atoms with Crippen molar-refractivity contribution in [3.8, 4) is 0 Å². The van der Waals surface area contributed by atoms with Gasteiger partial charge in [-0.15, -0.1) is 0 Å². The molecule has 2 atom stereocenters. The smallest absolute Gasteiger partial charge is 0.161 e. The van der Waals surface area contributed by atoms with Crippen LogP contribution in [0.5, 0.6) is 0 Å². The number of rotatable bonds is 3. The van der Waals surface area contributed by atoms with Gasteiger partial charge in [0.15, 0.2) is 5.78 Å². The molecule has 2 nitrogen and oxygen atoms in total. The monoisotopic (exact) mass is 220 g/mol. The minimum Gasteiger partial charge on any atom is -0.381 e. The molecule has 0 saturated carbocycles. The van der Waals surface area contributed by atoms with Crippen LogP contribution in [0.1, 0.15) is 38.5 Å². The highest BCUT2D eigenvalue weighted by atomic mass is 16.5. The normalized spacial score (nSPS) is 29.9. The first-order valence-electron chi connectivity index (χ1n) is 6.22. The van der Waals surface area contributed by atoms with Crippen molar-refractivity contribution in [3.63, 3.8) is 0 Å². The van der Waals surface area contributed by atoms with E-state index in [9.17, 15) is 4.79 Å². The van der Waals surface area contributed by atoms with Gasteiger partial charge in [0, 0.05) is 13.0 Å². The standard InChI is InChI=1S/C14H20O2/c1-16-13-9-7-12(8-10-13)14(15)11-5-3-2-4-6-11/h2-3,7,11,13H,4-6,8-10H2,1H3. The van der Waals surface area contributed by atoms with Gasteiger partial charge in [0.1, 0.15) is 0 Å². The van der Waals surface area contributed by atoms with Crippen molar-refractivity contribution in [3.05, 3.63) is 23.8 Å². The van der Waals surface area contributed by atoms with E-state index < -0.39 is 0 Å². The average Bonchev–Trinajstić information content (AvgIpc) is 2.39. The minimum absolute atomic E-state index is 0.246. The molecule has 0 bridgehead atoms. The van der Waals surface area contributed by atoms with Gasteiger partial charge in [0.25, 0.3) is 0 Å². The quantitative estimate of drug-likeness (QED) is 0.683. The molecule has 2 unspecified atom stereocenters. The number of hydrogen-bond acceptors (Lipinski definition) is 2. The van der Waals surface area contributed by atoms with Gasteiger partial charge in [0.2, 0.25) is 0 Å². The van der Waals surface area contributed by atoms with Crippen molar-refractivity contribution >= 4 is 5.78 Å². The second kappa shape index (κ2) is 5.44. The third-order valence-electron chi connectivity index (χ3n) is 3.65. The van der Waals surface area contributed by atoms with Gasteiger partial charge in [-0.25, -0.2) is 0 Å². The Balaban J connectivity index is 1.95. The largest absolute Gasteiger partial charge is 0.381 e. The van der Waals surface area contributed by atoms with E-state index in [1.807, 2.05) is 0 Å². The Morgan fingerprint density at radius 3 is 2.75 bits per heavy atom. The van der Waals surface area contributed by atoms with E-state index >= 15 is 0 Å². The van der Waals surface area contributed by atoms with Crippen LogP contribution in [0.2, 0.25) is 0 Å². The third kappa shape index (κ3) is 2.62. The summed E-state index contributed by atoms with van der Waals surface area (Å²) in [7, 11) is 1.75. The molecule has 0 spiro atoms. The number of ether oxygens (including phenoxy) is 1. The van der Waals surface area contributed by atoms with Crippen molar-refractivity contribution in [2.45, 2.75) is 44.6 Å². The van der Waals surface area contributed by atoms with Gasteiger partial charge in [-0.3, -0.25) is 4.79 Å². The van der Waals surface area contributed by atoms with Crippen LogP contribution in [0, 0.1) is 5.92 Å². The molecule has 0 N–H and O–H groups in total. The van der Waals surface area contributed by atoms with E-state index in [-0.39, 0.29) is 5.92 Å². The van der Waals surface area contributed by atoms with Crippen LogP contribution in [0.15, 0.2) is 23.8 Å². The zero-order valence-electron chi connectivity index (χ0n) is 9.95. The second-order valence-electron chi connectivity index (χ2n) is 4.71. The lowest BCUT2D eigenvalue weighted by Gasteiger charge is -2.23. The molecule has 0 aromatic heterocycles. The molecule has 0 fully saturated rings. The first kappa shape index (κ1) is 11.6. The molecule has 0 aromatic carbocycles. The third-order valence-corrected chi connectivity index (χ3v) is 3.65. The van der Waals surface area contributed by atoms with Crippen LogP contribution < -0.4 is 0 Å². The highest BCUT2D eigenvalue weighted by molar-refractivity contribution is 5.97. The maximum absolute atomic E-state index is 12.2. The molecule has 88 valence electrons. The van der Waals surface area contributed by atoms with Crippen LogP contribution in [-0.4, -0.2) is 19.0 Å². The summed E-state index contributed by atoms with van der Waals surface area (Å²) in [4.78, 5) is 12.2. The van der Waals surface area contributed by atoms with E-state index in [2.05, 4.69) is 18.2 Å². The fraction of sp³-hybridized carbons (Fsp3) is 0.643. The van der Waals surface area contributed by atoms with Crippen molar-refractivity contribution in [2.75, 3.05) is 7.11 Å². The lowest BCUT2D eigenvalue weighted by Crippen LogP contribution is -2.22. The van der Waals surface area contributed by atoms with E-state index in [0.29, 0.717) is 11.9 Å². The fourth-order valence-electron chi connectivity index (χ4n) is 2.54. The number of Topliss-reactive ketones (excluding diaryl/α,β-unsaturated/α-hetero) is 1. The molecule has 0 saturated heterocycles. The molecule has 2 rings (SSSR count). The van der Waals surface area contributed by atoms with Gasteiger partial charge < -0.3 is 4.74 Å². The summed E-state index contributed by atoms with van der Waals surface area (Å²) in [6, 6.07) is 0. The number of hydrogen-bond donors (Lipinski definition) is 0. The number of carbonyl (C=O) groups is 1. The zero-order valence-corrected chi connectivity index (χ0v) is 9.95. The highest BCUT2D eigenvalue weighted by Gasteiger charge is 2.24. The molecule has 0 radical (unpaired) electrons. The zero-order chi connectivity index (χ0) is 11.4. The highest BCUT2D eigenvalue weighted by Crippen LogP contribution is 2.27. The van der Waals surface area contributed by atoms with Gasteiger partial charge in [-0.1, -0.05) is 18.2 Å². The molecule has 2 heteroatoms. The van der Waals surface area contributed by atoms with Crippen LogP contribution >= 0.6 is 0 Å². The van der Waals surface area contributed by atoms with Crippen LogP contribution in [0.25, 0.3) is 0 Å². The maximum Gasteiger partial charge on any atom is 0.161 e. The van der Waals surface area contributed by atoms with E-state index in [1.165, 1.54) is 0 Å². The molecular formula is C14H20O2. The van der Waals surface area contributed by atoms with Gasteiger partial charge in [0.05, 0.1) is 6.10 Å². The number of methoxy groups -OCH3 is 1. The minimum atomic E-state index is 0.246. The van der Waals surface area contributed by atoms with Crippen molar-refractivity contribution < 1.29 is 9.53 Å². The number of allylic oxidation sites excluding steroid dienone is 3. The Bertz CT molecular complexity index is 315. The molecule has 0 aliphatic heterocycles. The van der Waals surface area contributed by atoms with Crippen molar-refractivity contribution in [1.82, 2.24) is 0 Å². The molecule has 0 aromatic rings. The summed E-state index contributed by atoms with van der Waals surface area (Å²) < 4.78 is 5.30. The Morgan fingerprint density at radius 1 is 1.31 bits per heavy atom. The number of carbonyl (C=O) groups excluding carboxylic acids is 1. The van der Waals surface area contributed by atoms with Crippen LogP contribution in [-0.2, 0) is 9.53 Å². The Morgan fingerprint density at radius 2 is 2.19 bits per heavy atom. The van der Waals surface area contributed by atoms with Crippen molar-refractivity contribution in [1.29, 1.82) is 0 Å². The molecule has 2 aliphatic carbocycles. The maximum atomic E-state index is 12.2. The molecular weight excluding hydrogens is 200 g/mol. The summed E-state index contributed by atoms with van der Waals surface area (Å²) >= 11 is 0. The molecule has 2 aliphatic rings. The Labute approximate surface area is 97.4 Å². The predicted molar refractivity (Wildman–Crippen MR) is 64.2 cm³/mol. The Kier molecular flexibility index (Phi) is 3.94. The van der Waals surface area contributed by atoms with Crippen molar-refractivity contribution in [2.24, 2.45) is 5.92 Å². The van der Waals surface area contributed by atoms with E-state index in [1.54, 1.807) is 7.11 Å². The molecule has 0 heterocycles. The van der Waals surface area contributed by atoms with E-state index in [4.69, 9.17) is 4.74 Å². The Hall–Kier alpha value is -0.890. The molecule has 0 amide bonds. The van der Waals surface area contributed by atoms with Crippen LogP contribution in [0.4, 0.5) is 0 Å². The summed E-state index contributed by atoms with van der Waals surface area (Å²) in [6.07, 6.45) is 12.6. The average molecular weight is 220 g/mol. The summed E-state index contributed by atoms with van der Waals surface area (Å²) in [5, 5.41) is 0.